The van der Waals surface area contributed by atoms with E-state index < -0.39 is 28.4 Å². The van der Waals surface area contributed by atoms with E-state index in [0.29, 0.717) is 13.2 Å². The number of esters is 1. The second kappa shape index (κ2) is 9.24. The van der Waals surface area contributed by atoms with Gasteiger partial charge in [0, 0.05) is 18.7 Å². The molecule has 10 heteroatoms. The van der Waals surface area contributed by atoms with Crippen LogP contribution in [0.2, 0.25) is 0 Å². The van der Waals surface area contributed by atoms with Crippen molar-refractivity contribution in [2.45, 2.75) is 4.90 Å². The monoisotopic (exact) mass is 435 g/mol. The predicted molar refractivity (Wildman–Crippen MR) is 105 cm³/mol. The third-order valence-electron chi connectivity index (χ3n) is 4.56. The number of phenols is 1. The minimum Gasteiger partial charge on any atom is -0.504 e. The molecule has 0 aromatic heterocycles. The quantitative estimate of drug-likeness (QED) is 0.513. The van der Waals surface area contributed by atoms with E-state index in [2.05, 4.69) is 0 Å². The molecule has 0 aliphatic carbocycles. The van der Waals surface area contributed by atoms with E-state index in [1.807, 2.05) is 0 Å². The van der Waals surface area contributed by atoms with Crippen molar-refractivity contribution in [2.75, 3.05) is 40.0 Å². The number of carbonyl (C=O) groups is 2. The van der Waals surface area contributed by atoms with Crippen molar-refractivity contribution in [3.05, 3.63) is 53.6 Å². The van der Waals surface area contributed by atoms with Crippen LogP contribution in [0, 0.1) is 0 Å². The summed E-state index contributed by atoms with van der Waals surface area (Å²) in [5.41, 5.74) is 0.0627. The molecule has 9 nitrogen and oxygen atoms in total. The second-order valence-electron chi connectivity index (χ2n) is 6.40. The number of methoxy groups -OCH3 is 1. The summed E-state index contributed by atoms with van der Waals surface area (Å²) in [5.74, 6) is -1.67. The van der Waals surface area contributed by atoms with Crippen LogP contribution < -0.4 is 4.74 Å². The number of hydrogen-bond donors (Lipinski definition) is 1. The number of carbonyl (C=O) groups excluding carboxylic acids is 2. The highest BCUT2D eigenvalue weighted by Crippen LogP contribution is 2.29. The number of sulfonamides is 1. The van der Waals surface area contributed by atoms with Gasteiger partial charge in [-0.1, -0.05) is 6.07 Å². The highest BCUT2D eigenvalue weighted by molar-refractivity contribution is 7.89. The summed E-state index contributed by atoms with van der Waals surface area (Å²) in [4.78, 5) is 24.5. The number of morpholine rings is 1. The molecule has 1 fully saturated rings. The van der Waals surface area contributed by atoms with Gasteiger partial charge in [0.05, 0.1) is 25.2 Å². The van der Waals surface area contributed by atoms with E-state index in [0.717, 1.165) is 0 Å². The molecule has 3 rings (SSSR count). The molecule has 30 heavy (non-hydrogen) atoms. The molecule has 0 atom stereocenters. The molecule has 0 amide bonds. The molecule has 2 aromatic rings. The Balaban J connectivity index is 1.64. The normalized spacial score (nSPS) is 14.8. The Morgan fingerprint density at radius 2 is 1.77 bits per heavy atom. The molecule has 0 bridgehead atoms. The molecule has 0 spiro atoms. The summed E-state index contributed by atoms with van der Waals surface area (Å²) >= 11 is 0. The van der Waals surface area contributed by atoms with Crippen molar-refractivity contribution in [2.24, 2.45) is 0 Å². The number of para-hydroxylation sites is 1. The minimum atomic E-state index is -3.66. The Morgan fingerprint density at radius 1 is 1.10 bits per heavy atom. The number of hydrogen-bond acceptors (Lipinski definition) is 8. The third kappa shape index (κ3) is 4.61. The largest absolute Gasteiger partial charge is 0.504 e. The van der Waals surface area contributed by atoms with E-state index in [-0.39, 0.29) is 40.6 Å². The standard InChI is InChI=1S/C20H21NO8S/c1-27-18-4-2-3-16(19(18)23)20(24)29-13-17(22)14-5-7-15(8-6-14)30(25,26)21-9-11-28-12-10-21/h2-8,23H,9-13H2,1H3. The van der Waals surface area contributed by atoms with Crippen molar-refractivity contribution < 1.29 is 37.3 Å². The van der Waals surface area contributed by atoms with E-state index in [9.17, 15) is 23.1 Å². The Morgan fingerprint density at radius 3 is 2.40 bits per heavy atom. The Labute approximate surface area is 173 Å². The lowest BCUT2D eigenvalue weighted by molar-refractivity contribution is 0.0471. The number of Topliss-reactive ketones (excluding diaryl/α,β-unsaturated/α-hetero) is 1. The minimum absolute atomic E-state index is 0.0687. The van der Waals surface area contributed by atoms with Gasteiger partial charge in [-0.15, -0.1) is 0 Å². The van der Waals surface area contributed by atoms with Gasteiger partial charge in [0.25, 0.3) is 0 Å². The van der Waals surface area contributed by atoms with Crippen LogP contribution in [0.3, 0.4) is 0 Å². The number of rotatable bonds is 7. The highest BCUT2D eigenvalue weighted by atomic mass is 32.2. The number of phenolic OH excluding ortho intramolecular Hbond substituents is 1. The third-order valence-corrected chi connectivity index (χ3v) is 6.47. The summed E-state index contributed by atoms with van der Waals surface area (Å²) in [6, 6.07) is 9.74. The molecule has 0 unspecified atom stereocenters. The fourth-order valence-corrected chi connectivity index (χ4v) is 4.30. The average Bonchev–Trinajstić information content (AvgIpc) is 2.78. The molecule has 160 valence electrons. The lowest BCUT2D eigenvalue weighted by Crippen LogP contribution is -2.40. The van der Waals surface area contributed by atoms with Crippen molar-refractivity contribution in [1.29, 1.82) is 0 Å². The van der Waals surface area contributed by atoms with Gasteiger partial charge in [0.15, 0.2) is 23.9 Å². The Bertz CT molecular complexity index is 1030. The Kier molecular flexibility index (Phi) is 6.70. The molecular formula is C20H21NO8S. The van der Waals surface area contributed by atoms with Crippen molar-refractivity contribution in [3.8, 4) is 11.5 Å². The number of aromatic hydroxyl groups is 1. The summed E-state index contributed by atoms with van der Waals surface area (Å²) in [5, 5.41) is 9.98. The molecule has 1 saturated heterocycles. The molecule has 1 heterocycles. The maximum absolute atomic E-state index is 12.6. The van der Waals surface area contributed by atoms with Crippen LogP contribution in [0.4, 0.5) is 0 Å². The smallest absolute Gasteiger partial charge is 0.342 e. The Hall–Kier alpha value is -2.95. The molecule has 1 aliphatic rings. The second-order valence-corrected chi connectivity index (χ2v) is 8.33. The maximum Gasteiger partial charge on any atom is 0.342 e. The molecule has 1 aliphatic heterocycles. The van der Waals surface area contributed by atoms with Gasteiger partial charge in [0.1, 0.15) is 5.56 Å². The van der Waals surface area contributed by atoms with Crippen LogP contribution in [-0.2, 0) is 19.5 Å². The topological polar surface area (TPSA) is 119 Å². The zero-order valence-corrected chi connectivity index (χ0v) is 17.1. The SMILES string of the molecule is COc1cccc(C(=O)OCC(=O)c2ccc(S(=O)(=O)N3CCOCC3)cc2)c1O. The average molecular weight is 435 g/mol. The number of ether oxygens (including phenoxy) is 3. The van der Waals surface area contributed by atoms with E-state index in [4.69, 9.17) is 14.2 Å². The number of nitrogens with zero attached hydrogens (tertiary/aromatic N) is 1. The summed E-state index contributed by atoms with van der Waals surface area (Å²) in [7, 11) is -2.32. The fraction of sp³-hybridized carbons (Fsp3) is 0.300. The van der Waals surface area contributed by atoms with Gasteiger partial charge >= 0.3 is 5.97 Å². The van der Waals surface area contributed by atoms with E-state index in [1.54, 1.807) is 0 Å². The van der Waals surface area contributed by atoms with Crippen LogP contribution in [0.15, 0.2) is 47.4 Å². The van der Waals surface area contributed by atoms with Gasteiger partial charge in [-0.05, 0) is 36.4 Å². The molecule has 1 N–H and O–H groups in total. The van der Waals surface area contributed by atoms with Crippen LogP contribution in [0.1, 0.15) is 20.7 Å². The number of benzene rings is 2. The zero-order chi connectivity index (χ0) is 21.7. The first-order chi connectivity index (χ1) is 14.3. The van der Waals surface area contributed by atoms with Gasteiger partial charge in [-0.25, -0.2) is 13.2 Å². The van der Waals surface area contributed by atoms with Gasteiger partial charge in [0.2, 0.25) is 10.0 Å². The maximum atomic E-state index is 12.6. The predicted octanol–water partition coefficient (Wildman–Crippen LogP) is 1.46. The van der Waals surface area contributed by atoms with Crippen molar-refractivity contribution >= 4 is 21.8 Å². The highest BCUT2D eigenvalue weighted by Gasteiger charge is 2.26. The summed E-state index contributed by atoms with van der Waals surface area (Å²) < 4.78 is 41.6. The first-order valence-electron chi connectivity index (χ1n) is 9.09. The first-order valence-corrected chi connectivity index (χ1v) is 10.5. The van der Waals surface area contributed by atoms with Crippen LogP contribution in [0.25, 0.3) is 0 Å². The summed E-state index contributed by atoms with van der Waals surface area (Å²) in [6.07, 6.45) is 0. The molecular weight excluding hydrogens is 414 g/mol. The van der Waals surface area contributed by atoms with Gasteiger partial charge in [-0.3, -0.25) is 4.79 Å². The van der Waals surface area contributed by atoms with E-state index >= 15 is 0 Å². The van der Waals surface area contributed by atoms with Crippen LogP contribution in [0.5, 0.6) is 11.5 Å². The van der Waals surface area contributed by atoms with Gasteiger partial charge in [-0.2, -0.15) is 4.31 Å². The van der Waals surface area contributed by atoms with Crippen molar-refractivity contribution in [3.63, 3.8) is 0 Å². The number of ketones is 1. The zero-order valence-electron chi connectivity index (χ0n) is 16.2. The van der Waals surface area contributed by atoms with E-state index in [1.165, 1.54) is 53.9 Å². The molecule has 0 saturated carbocycles. The lowest BCUT2D eigenvalue weighted by atomic mass is 10.1. The molecule has 0 radical (unpaired) electrons. The van der Waals surface area contributed by atoms with Crippen LogP contribution >= 0.6 is 0 Å². The molecule has 2 aromatic carbocycles. The van der Waals surface area contributed by atoms with Gasteiger partial charge < -0.3 is 19.3 Å². The first kappa shape index (κ1) is 21.8. The summed E-state index contributed by atoms with van der Waals surface area (Å²) in [6.45, 7) is 0.658. The fourth-order valence-electron chi connectivity index (χ4n) is 2.89. The van der Waals surface area contributed by atoms with Crippen LogP contribution in [-0.4, -0.2) is 69.6 Å². The van der Waals surface area contributed by atoms with Crippen molar-refractivity contribution in [1.82, 2.24) is 4.31 Å². The lowest BCUT2D eigenvalue weighted by Gasteiger charge is -2.26.